The smallest absolute Gasteiger partial charge is 0.390 e. The first-order chi connectivity index (χ1) is 15.7. The van der Waals surface area contributed by atoms with Crippen LogP contribution in [0.3, 0.4) is 0 Å². The number of halogens is 3. The van der Waals surface area contributed by atoms with Gasteiger partial charge >= 0.3 is 6.18 Å². The van der Waals surface area contributed by atoms with Gasteiger partial charge in [0, 0.05) is 36.9 Å². The highest BCUT2D eigenvalue weighted by Crippen LogP contribution is 2.31. The number of Topliss-reactive ketones (excluding diaryl/α,β-unsaturated/α-hetero) is 1. The molecule has 0 bridgehead atoms. The zero-order valence-corrected chi connectivity index (χ0v) is 18.1. The van der Waals surface area contributed by atoms with Crippen LogP contribution >= 0.6 is 0 Å². The molecule has 5 nitrogen and oxygen atoms in total. The van der Waals surface area contributed by atoms with Crippen molar-refractivity contribution in [1.29, 1.82) is 0 Å². The fraction of sp³-hybridized carbons (Fsp3) is 0.440. The predicted molar refractivity (Wildman–Crippen MR) is 116 cm³/mol. The molecule has 2 aromatic rings. The fourth-order valence-corrected chi connectivity index (χ4v) is 4.54. The molecule has 1 amide bonds. The molecule has 176 valence electrons. The third-order valence-corrected chi connectivity index (χ3v) is 6.39. The minimum atomic E-state index is -4.41. The zero-order valence-electron chi connectivity index (χ0n) is 18.1. The molecule has 4 rings (SSSR count). The van der Waals surface area contributed by atoms with Crippen LogP contribution < -0.4 is 4.90 Å². The summed E-state index contributed by atoms with van der Waals surface area (Å²) in [5.74, 6) is -0.795. The quantitative estimate of drug-likeness (QED) is 0.703. The average molecular weight is 461 g/mol. The summed E-state index contributed by atoms with van der Waals surface area (Å²) in [5.41, 5.74) is 1.45. The van der Waals surface area contributed by atoms with Gasteiger partial charge in [-0.3, -0.25) is 9.59 Å². The van der Waals surface area contributed by atoms with Crippen molar-refractivity contribution in [3.05, 3.63) is 65.2 Å². The highest BCUT2D eigenvalue weighted by Gasteiger charge is 2.33. The SMILES string of the molecule is O=C(Cc1ccc(C(F)(F)F)cc1)C[C@@H]1CCCN(c2ccc(C3COCC3O)cc2)C1=O. The Kier molecular flexibility index (Phi) is 6.86. The molecule has 8 heteroatoms. The Balaban J connectivity index is 1.36. The van der Waals surface area contributed by atoms with Gasteiger partial charge in [0.25, 0.3) is 0 Å². The Morgan fingerprint density at radius 2 is 1.76 bits per heavy atom. The van der Waals surface area contributed by atoms with Gasteiger partial charge in [-0.2, -0.15) is 13.2 Å². The number of ketones is 1. The largest absolute Gasteiger partial charge is 0.416 e. The van der Waals surface area contributed by atoms with Gasteiger partial charge in [0.15, 0.2) is 0 Å². The summed E-state index contributed by atoms with van der Waals surface area (Å²) >= 11 is 0. The summed E-state index contributed by atoms with van der Waals surface area (Å²) < 4.78 is 43.4. The third kappa shape index (κ3) is 5.45. The van der Waals surface area contributed by atoms with E-state index in [9.17, 15) is 27.9 Å². The van der Waals surface area contributed by atoms with Gasteiger partial charge in [0.1, 0.15) is 5.78 Å². The summed E-state index contributed by atoms with van der Waals surface area (Å²) in [6, 6.07) is 12.0. The number of hydrogen-bond donors (Lipinski definition) is 1. The maximum atomic E-state index is 13.1. The van der Waals surface area contributed by atoms with Crippen molar-refractivity contribution in [1.82, 2.24) is 0 Å². The van der Waals surface area contributed by atoms with Crippen molar-refractivity contribution >= 4 is 17.4 Å². The Bertz CT molecular complexity index is 988. The van der Waals surface area contributed by atoms with Crippen LogP contribution in [-0.2, 0) is 26.9 Å². The van der Waals surface area contributed by atoms with Gasteiger partial charge in [0.2, 0.25) is 5.91 Å². The normalized spacial score (nSPS) is 23.7. The second kappa shape index (κ2) is 9.65. The zero-order chi connectivity index (χ0) is 23.6. The molecule has 2 aromatic carbocycles. The maximum Gasteiger partial charge on any atom is 0.416 e. The molecule has 33 heavy (non-hydrogen) atoms. The molecule has 3 atom stereocenters. The first kappa shape index (κ1) is 23.4. The summed E-state index contributed by atoms with van der Waals surface area (Å²) in [7, 11) is 0. The molecule has 0 aromatic heterocycles. The van der Waals surface area contributed by atoms with E-state index in [1.165, 1.54) is 12.1 Å². The highest BCUT2D eigenvalue weighted by atomic mass is 19.4. The lowest BCUT2D eigenvalue weighted by Gasteiger charge is -2.32. The van der Waals surface area contributed by atoms with Crippen LogP contribution in [0.25, 0.3) is 0 Å². The van der Waals surface area contributed by atoms with E-state index in [4.69, 9.17) is 4.74 Å². The van der Waals surface area contributed by atoms with E-state index >= 15 is 0 Å². The standard InChI is InChI=1S/C25H26F3NO4/c26-25(27,28)19-7-3-16(4-8-19)12-21(30)13-18-2-1-11-29(24(18)32)20-9-5-17(6-10-20)22-14-33-15-23(22)31/h3-10,18,22-23,31H,1-2,11-15H2/t18-,22?,23?/m0/s1. The fourth-order valence-electron chi connectivity index (χ4n) is 4.54. The molecule has 0 radical (unpaired) electrons. The summed E-state index contributed by atoms with van der Waals surface area (Å²) in [5, 5.41) is 10.0. The monoisotopic (exact) mass is 461 g/mol. The average Bonchev–Trinajstić information content (AvgIpc) is 3.21. The van der Waals surface area contributed by atoms with Crippen molar-refractivity contribution < 1.29 is 32.6 Å². The van der Waals surface area contributed by atoms with Crippen LogP contribution in [0.15, 0.2) is 48.5 Å². The number of amides is 1. The number of nitrogens with zero attached hydrogens (tertiary/aromatic N) is 1. The first-order valence-electron chi connectivity index (χ1n) is 11.1. The molecule has 2 aliphatic heterocycles. The molecule has 2 fully saturated rings. The molecule has 2 aliphatic rings. The molecule has 0 spiro atoms. The van der Waals surface area contributed by atoms with Crippen LogP contribution in [-0.4, -0.2) is 42.7 Å². The van der Waals surface area contributed by atoms with Crippen LogP contribution in [0, 0.1) is 5.92 Å². The summed E-state index contributed by atoms with van der Waals surface area (Å²) in [6.45, 7) is 1.35. The van der Waals surface area contributed by atoms with E-state index in [0.29, 0.717) is 31.7 Å². The number of carbonyl (C=O) groups excluding carboxylic acids is 2. The Labute approximate surface area is 190 Å². The van der Waals surface area contributed by atoms with Crippen LogP contribution in [0.1, 0.15) is 41.9 Å². The number of carbonyl (C=O) groups is 2. The molecule has 2 heterocycles. The molecular weight excluding hydrogens is 435 g/mol. The van der Waals surface area contributed by atoms with E-state index in [2.05, 4.69) is 0 Å². The van der Waals surface area contributed by atoms with Gasteiger partial charge in [-0.1, -0.05) is 24.3 Å². The number of hydrogen-bond acceptors (Lipinski definition) is 4. The molecular formula is C25H26F3NO4. The van der Waals surface area contributed by atoms with Gasteiger partial charge < -0.3 is 14.7 Å². The number of anilines is 1. The highest BCUT2D eigenvalue weighted by molar-refractivity contribution is 5.98. The number of rotatable bonds is 6. The summed E-state index contributed by atoms with van der Waals surface area (Å²) in [6.07, 6.45) is -3.50. The minimum absolute atomic E-state index is 0.00238. The van der Waals surface area contributed by atoms with Gasteiger partial charge in [0.05, 0.1) is 24.9 Å². The van der Waals surface area contributed by atoms with Crippen molar-refractivity contribution in [3.8, 4) is 0 Å². The van der Waals surface area contributed by atoms with Crippen LogP contribution in [0.5, 0.6) is 0 Å². The Morgan fingerprint density at radius 3 is 2.36 bits per heavy atom. The number of ether oxygens (including phenoxy) is 1. The molecule has 2 saturated heterocycles. The van der Waals surface area contributed by atoms with Gasteiger partial charge in [-0.15, -0.1) is 0 Å². The number of aliphatic hydroxyl groups excluding tert-OH is 1. The Morgan fingerprint density at radius 1 is 1.06 bits per heavy atom. The maximum absolute atomic E-state index is 13.1. The number of piperidine rings is 1. The number of aliphatic hydroxyl groups is 1. The second-order valence-electron chi connectivity index (χ2n) is 8.75. The number of alkyl halides is 3. The van der Waals surface area contributed by atoms with E-state index < -0.39 is 23.8 Å². The van der Waals surface area contributed by atoms with Crippen molar-refractivity contribution in [2.45, 2.75) is 43.9 Å². The Hall–Kier alpha value is -2.71. The minimum Gasteiger partial charge on any atom is -0.390 e. The summed E-state index contributed by atoms with van der Waals surface area (Å²) in [4.78, 5) is 27.3. The van der Waals surface area contributed by atoms with E-state index in [0.717, 1.165) is 29.8 Å². The lowest BCUT2D eigenvalue weighted by atomic mass is 9.89. The van der Waals surface area contributed by atoms with Crippen LogP contribution in [0.2, 0.25) is 0 Å². The lowest BCUT2D eigenvalue weighted by Crippen LogP contribution is -2.42. The van der Waals surface area contributed by atoms with Crippen molar-refractivity contribution in [2.75, 3.05) is 24.7 Å². The molecule has 2 unspecified atom stereocenters. The molecule has 1 N–H and O–H groups in total. The van der Waals surface area contributed by atoms with E-state index in [1.807, 2.05) is 24.3 Å². The first-order valence-corrected chi connectivity index (χ1v) is 11.1. The predicted octanol–water partition coefficient (Wildman–Crippen LogP) is 4.13. The van der Waals surface area contributed by atoms with Crippen molar-refractivity contribution in [2.24, 2.45) is 5.92 Å². The van der Waals surface area contributed by atoms with Gasteiger partial charge in [-0.05, 0) is 48.2 Å². The lowest BCUT2D eigenvalue weighted by molar-refractivity contribution is -0.137. The van der Waals surface area contributed by atoms with E-state index in [-0.39, 0.29) is 30.4 Å². The van der Waals surface area contributed by atoms with Gasteiger partial charge in [-0.25, -0.2) is 0 Å². The van der Waals surface area contributed by atoms with E-state index in [1.54, 1.807) is 4.90 Å². The topological polar surface area (TPSA) is 66.8 Å². The number of benzene rings is 2. The molecule has 0 aliphatic carbocycles. The van der Waals surface area contributed by atoms with Crippen LogP contribution in [0.4, 0.5) is 18.9 Å². The van der Waals surface area contributed by atoms with Crippen molar-refractivity contribution in [3.63, 3.8) is 0 Å². The second-order valence-corrected chi connectivity index (χ2v) is 8.75. The molecule has 0 saturated carbocycles. The third-order valence-electron chi connectivity index (χ3n) is 6.39.